The van der Waals surface area contributed by atoms with Crippen LogP contribution in [-0.2, 0) is 11.2 Å². The molecule has 0 unspecified atom stereocenters. The van der Waals surface area contributed by atoms with Crippen molar-refractivity contribution in [2.45, 2.75) is 32.4 Å². The molecule has 1 saturated heterocycles. The Morgan fingerprint density at radius 2 is 2.35 bits per heavy atom. The first kappa shape index (κ1) is 16.1. The second-order valence-electron chi connectivity index (χ2n) is 5.92. The third-order valence-corrected chi connectivity index (χ3v) is 4.70. The molecule has 5 nitrogen and oxygen atoms in total. The number of carbonyl (C=O) groups is 1. The molecular weight excluding hydrogens is 312 g/mol. The maximum Gasteiger partial charge on any atom is 0.318 e. The summed E-state index contributed by atoms with van der Waals surface area (Å²) in [5.74, 6) is 1.62. The highest BCUT2D eigenvalue weighted by atomic mass is 32.1. The molecule has 1 aliphatic heterocycles. The van der Waals surface area contributed by atoms with Gasteiger partial charge in [0.1, 0.15) is 17.6 Å². The van der Waals surface area contributed by atoms with Crippen LogP contribution in [0.2, 0.25) is 0 Å². The Labute approximate surface area is 140 Å². The van der Waals surface area contributed by atoms with Crippen LogP contribution in [0.1, 0.15) is 30.0 Å². The van der Waals surface area contributed by atoms with Gasteiger partial charge in [-0.3, -0.25) is 0 Å². The Morgan fingerprint density at radius 3 is 3.04 bits per heavy atom. The van der Waals surface area contributed by atoms with Gasteiger partial charge in [0.25, 0.3) is 0 Å². The van der Waals surface area contributed by atoms with E-state index in [0.29, 0.717) is 19.8 Å². The molecule has 1 aliphatic rings. The number of furan rings is 1. The van der Waals surface area contributed by atoms with Gasteiger partial charge in [-0.2, -0.15) is 11.3 Å². The van der Waals surface area contributed by atoms with Crippen molar-refractivity contribution >= 4 is 17.4 Å². The number of morpholine rings is 1. The average molecular weight is 334 g/mol. The van der Waals surface area contributed by atoms with E-state index < -0.39 is 0 Å². The highest BCUT2D eigenvalue weighted by molar-refractivity contribution is 7.07. The van der Waals surface area contributed by atoms with Crippen LogP contribution in [0.3, 0.4) is 0 Å². The molecule has 2 amide bonds. The molecule has 23 heavy (non-hydrogen) atoms. The van der Waals surface area contributed by atoms with E-state index in [9.17, 15) is 4.79 Å². The van der Waals surface area contributed by atoms with Crippen LogP contribution in [0.5, 0.6) is 0 Å². The molecule has 0 bridgehead atoms. The fraction of sp³-hybridized carbons (Fsp3) is 0.471. The molecule has 3 rings (SSSR count). The molecule has 0 saturated carbocycles. The summed E-state index contributed by atoms with van der Waals surface area (Å²) >= 11 is 1.68. The first-order chi connectivity index (χ1) is 11.1. The quantitative estimate of drug-likeness (QED) is 0.933. The molecule has 124 valence electrons. The lowest BCUT2D eigenvalue weighted by Crippen LogP contribution is -2.50. The van der Waals surface area contributed by atoms with Gasteiger partial charge in [0.2, 0.25) is 0 Å². The number of hydrogen-bond donors (Lipinski definition) is 1. The number of rotatable bonds is 4. The monoisotopic (exact) mass is 334 g/mol. The fourth-order valence-corrected chi connectivity index (χ4v) is 3.50. The number of thiophene rings is 1. The molecular formula is C17H22N2O3S. The zero-order valence-electron chi connectivity index (χ0n) is 13.5. The molecule has 3 heterocycles. The Balaban J connectivity index is 1.64. The van der Waals surface area contributed by atoms with Crippen LogP contribution in [0.15, 0.2) is 33.4 Å². The predicted molar refractivity (Wildman–Crippen MR) is 89.7 cm³/mol. The summed E-state index contributed by atoms with van der Waals surface area (Å²) in [5.41, 5.74) is 1.25. The SMILES string of the molecule is Cc1ccc([C@@H]2COCCN2C(=O)N[C@H](C)Cc2ccsc2)o1. The third kappa shape index (κ3) is 3.95. The number of ether oxygens (including phenoxy) is 1. The van der Waals surface area contributed by atoms with Gasteiger partial charge < -0.3 is 19.4 Å². The summed E-state index contributed by atoms with van der Waals surface area (Å²) in [5, 5.41) is 7.26. The van der Waals surface area contributed by atoms with E-state index >= 15 is 0 Å². The van der Waals surface area contributed by atoms with Crippen LogP contribution >= 0.6 is 11.3 Å². The van der Waals surface area contributed by atoms with Crippen molar-refractivity contribution in [3.63, 3.8) is 0 Å². The standard InChI is InChI=1S/C17H22N2O3S/c1-12(9-14-5-8-23-11-14)18-17(20)19-6-7-21-10-15(19)16-4-3-13(2)22-16/h3-5,8,11-12,15H,6-7,9-10H2,1-2H3,(H,18,20)/t12-,15+/m1/s1. The second-order valence-corrected chi connectivity index (χ2v) is 6.70. The van der Waals surface area contributed by atoms with Gasteiger partial charge in [-0.1, -0.05) is 0 Å². The maximum atomic E-state index is 12.6. The van der Waals surface area contributed by atoms with Crippen molar-refractivity contribution in [1.82, 2.24) is 10.2 Å². The summed E-state index contributed by atoms with van der Waals surface area (Å²) in [6.07, 6.45) is 0.837. The first-order valence-corrected chi connectivity index (χ1v) is 8.80. The van der Waals surface area contributed by atoms with Crippen LogP contribution in [0, 0.1) is 6.92 Å². The lowest BCUT2D eigenvalue weighted by Gasteiger charge is -2.35. The van der Waals surface area contributed by atoms with Gasteiger partial charge in [-0.05, 0) is 54.8 Å². The van der Waals surface area contributed by atoms with Gasteiger partial charge in [-0.25, -0.2) is 4.79 Å². The Morgan fingerprint density at radius 1 is 1.48 bits per heavy atom. The van der Waals surface area contributed by atoms with Crippen molar-refractivity contribution in [2.24, 2.45) is 0 Å². The minimum Gasteiger partial charge on any atom is -0.464 e. The van der Waals surface area contributed by atoms with Gasteiger partial charge in [0, 0.05) is 12.6 Å². The van der Waals surface area contributed by atoms with Crippen molar-refractivity contribution in [3.8, 4) is 0 Å². The zero-order valence-corrected chi connectivity index (χ0v) is 14.3. The summed E-state index contributed by atoms with van der Waals surface area (Å²) in [6, 6.07) is 5.79. The van der Waals surface area contributed by atoms with Crippen molar-refractivity contribution in [1.29, 1.82) is 0 Å². The van der Waals surface area contributed by atoms with E-state index in [1.165, 1.54) is 5.56 Å². The van der Waals surface area contributed by atoms with Crippen LogP contribution in [0.4, 0.5) is 4.79 Å². The molecule has 0 radical (unpaired) electrons. The normalized spacial score (nSPS) is 19.6. The third-order valence-electron chi connectivity index (χ3n) is 3.97. The molecule has 0 aliphatic carbocycles. The molecule has 1 N–H and O–H groups in total. The molecule has 0 spiro atoms. The van der Waals surface area contributed by atoms with Crippen molar-refractivity contribution in [2.75, 3.05) is 19.8 Å². The Kier molecular flexibility index (Phi) is 5.03. The van der Waals surface area contributed by atoms with Crippen LogP contribution < -0.4 is 5.32 Å². The molecule has 2 atom stereocenters. The minimum absolute atomic E-state index is 0.0601. The number of aryl methyl sites for hydroxylation is 1. The summed E-state index contributed by atoms with van der Waals surface area (Å²) in [6.45, 7) is 5.53. The van der Waals surface area contributed by atoms with Gasteiger partial charge in [0.05, 0.1) is 13.2 Å². The van der Waals surface area contributed by atoms with E-state index in [-0.39, 0.29) is 18.1 Å². The summed E-state index contributed by atoms with van der Waals surface area (Å²) in [7, 11) is 0. The number of amides is 2. The molecule has 6 heteroatoms. The highest BCUT2D eigenvalue weighted by Gasteiger charge is 2.31. The lowest BCUT2D eigenvalue weighted by atomic mass is 10.1. The number of nitrogens with zero attached hydrogens (tertiary/aromatic N) is 1. The number of hydrogen-bond acceptors (Lipinski definition) is 4. The van der Waals surface area contributed by atoms with Gasteiger partial charge >= 0.3 is 6.03 Å². The van der Waals surface area contributed by atoms with E-state index in [0.717, 1.165) is 17.9 Å². The van der Waals surface area contributed by atoms with Gasteiger partial charge in [-0.15, -0.1) is 0 Å². The van der Waals surface area contributed by atoms with E-state index in [4.69, 9.17) is 9.15 Å². The minimum atomic E-state index is -0.161. The largest absolute Gasteiger partial charge is 0.464 e. The lowest BCUT2D eigenvalue weighted by molar-refractivity contribution is 0.00360. The van der Waals surface area contributed by atoms with Crippen molar-refractivity contribution in [3.05, 3.63) is 46.0 Å². The van der Waals surface area contributed by atoms with Crippen LogP contribution in [-0.4, -0.2) is 36.7 Å². The fourth-order valence-electron chi connectivity index (χ4n) is 2.82. The molecule has 0 aromatic carbocycles. The number of nitrogens with one attached hydrogen (secondary N) is 1. The van der Waals surface area contributed by atoms with E-state index in [1.807, 2.05) is 30.9 Å². The zero-order chi connectivity index (χ0) is 16.2. The molecule has 2 aromatic heterocycles. The van der Waals surface area contributed by atoms with Crippen molar-refractivity contribution < 1.29 is 13.9 Å². The average Bonchev–Trinajstić information content (AvgIpc) is 3.18. The molecule has 1 fully saturated rings. The van der Waals surface area contributed by atoms with Gasteiger partial charge in [0.15, 0.2) is 0 Å². The smallest absolute Gasteiger partial charge is 0.318 e. The predicted octanol–water partition coefficient (Wildman–Crippen LogP) is 3.36. The van der Waals surface area contributed by atoms with E-state index in [1.54, 1.807) is 11.3 Å². The number of urea groups is 1. The Hall–Kier alpha value is -1.79. The highest BCUT2D eigenvalue weighted by Crippen LogP contribution is 2.26. The first-order valence-electron chi connectivity index (χ1n) is 7.86. The summed E-state index contributed by atoms with van der Waals surface area (Å²) in [4.78, 5) is 14.5. The second kappa shape index (κ2) is 7.19. The summed E-state index contributed by atoms with van der Waals surface area (Å²) < 4.78 is 11.2. The topological polar surface area (TPSA) is 54.7 Å². The maximum absolute atomic E-state index is 12.6. The van der Waals surface area contributed by atoms with E-state index in [2.05, 4.69) is 22.1 Å². The Bertz CT molecular complexity index is 638. The number of carbonyl (C=O) groups excluding carboxylic acids is 1. The van der Waals surface area contributed by atoms with Crippen LogP contribution in [0.25, 0.3) is 0 Å². The molecule has 2 aromatic rings.